The monoisotopic (exact) mass is 393 g/mol. The van der Waals surface area contributed by atoms with Crippen LogP contribution in [0.15, 0.2) is 65.8 Å². The van der Waals surface area contributed by atoms with Gasteiger partial charge in [-0.25, -0.2) is 9.97 Å². The van der Waals surface area contributed by atoms with Crippen LogP contribution in [0.3, 0.4) is 0 Å². The van der Waals surface area contributed by atoms with E-state index in [1.807, 2.05) is 54.6 Å². The Bertz CT molecular complexity index is 979. The van der Waals surface area contributed by atoms with Gasteiger partial charge >= 0.3 is 0 Å². The van der Waals surface area contributed by atoms with E-state index >= 15 is 0 Å². The second kappa shape index (κ2) is 7.77. The van der Waals surface area contributed by atoms with Crippen LogP contribution in [0.4, 0.5) is 17.3 Å². The minimum atomic E-state index is -0.212. The van der Waals surface area contributed by atoms with Gasteiger partial charge in [0.05, 0.1) is 17.5 Å². The Morgan fingerprint density at radius 1 is 1.07 bits per heavy atom. The first-order valence-electron chi connectivity index (χ1n) is 8.73. The maximum absolute atomic E-state index is 13.2. The number of hydrogen-bond donors (Lipinski definition) is 2. The van der Waals surface area contributed by atoms with Gasteiger partial charge in [-0.3, -0.25) is 9.69 Å². The summed E-state index contributed by atoms with van der Waals surface area (Å²) in [4.78, 5) is 23.3. The molecule has 1 atom stereocenters. The summed E-state index contributed by atoms with van der Waals surface area (Å²) in [6.07, 6.45) is 0. The summed E-state index contributed by atoms with van der Waals surface area (Å²) in [5.74, 6) is 1.33. The summed E-state index contributed by atoms with van der Waals surface area (Å²) >= 11 is 1.21. The minimum absolute atomic E-state index is 0.0702. The lowest BCUT2D eigenvalue weighted by molar-refractivity contribution is -0.117. The molecule has 0 saturated carbocycles. The number of aromatic nitrogens is 2. The first kappa shape index (κ1) is 18.1. The number of carbonyl (C=O) groups excluding carboxylic acids is 1. The Balaban J connectivity index is 1.62. The molecule has 0 aliphatic carbocycles. The average Bonchev–Trinajstić information content (AvgIpc) is 2.71. The van der Waals surface area contributed by atoms with E-state index in [1.165, 1.54) is 17.8 Å². The van der Waals surface area contributed by atoms with Gasteiger partial charge in [0.2, 0.25) is 5.91 Å². The molecule has 2 aromatic carbocycles. The molecule has 0 radical (unpaired) electrons. The molecule has 2 heterocycles. The van der Waals surface area contributed by atoms with Gasteiger partial charge in [0.25, 0.3) is 0 Å². The van der Waals surface area contributed by atoms with Gasteiger partial charge in [0.1, 0.15) is 24.0 Å². The molecule has 1 amide bonds. The molecule has 28 heavy (non-hydrogen) atoms. The second-order valence-corrected chi connectivity index (χ2v) is 7.20. The third kappa shape index (κ3) is 3.72. The van der Waals surface area contributed by atoms with Crippen LogP contribution in [0.25, 0.3) is 0 Å². The van der Waals surface area contributed by atoms with E-state index in [-0.39, 0.29) is 29.3 Å². The zero-order valence-corrected chi connectivity index (χ0v) is 15.8. The van der Waals surface area contributed by atoms with E-state index in [9.17, 15) is 4.79 Å². The third-order valence-electron chi connectivity index (χ3n) is 4.36. The maximum atomic E-state index is 13.2. The van der Waals surface area contributed by atoms with Gasteiger partial charge in [0.15, 0.2) is 5.16 Å². The molecule has 3 aromatic rings. The summed E-state index contributed by atoms with van der Waals surface area (Å²) in [7, 11) is 0. The van der Waals surface area contributed by atoms with Crippen LogP contribution in [-0.2, 0) is 4.79 Å². The Kier molecular flexibility index (Phi) is 5.03. The number of para-hydroxylation sites is 2. The standard InChI is InChI=1S/C20H19N5O2S/c21-17-10-18(22)24-20(23-17)28-12-19(26)25-14-8-4-5-9-16(14)27-11-15(25)13-6-2-1-3-7-13/h1-10,15H,11-12H2,(H4,21,22,23,24). The van der Waals surface area contributed by atoms with Crippen LogP contribution < -0.4 is 21.1 Å². The van der Waals surface area contributed by atoms with Crippen molar-refractivity contribution in [3.05, 3.63) is 66.2 Å². The van der Waals surface area contributed by atoms with E-state index in [1.54, 1.807) is 4.90 Å². The number of nitrogens with zero attached hydrogens (tertiary/aromatic N) is 3. The first-order valence-corrected chi connectivity index (χ1v) is 9.72. The normalized spacial score (nSPS) is 15.6. The predicted octanol–water partition coefficient (Wildman–Crippen LogP) is 2.90. The number of hydrogen-bond acceptors (Lipinski definition) is 7. The molecule has 0 bridgehead atoms. The highest BCUT2D eigenvalue weighted by atomic mass is 32.2. The van der Waals surface area contributed by atoms with Gasteiger partial charge in [-0.05, 0) is 17.7 Å². The van der Waals surface area contributed by atoms with Crippen LogP contribution in [0.1, 0.15) is 11.6 Å². The maximum Gasteiger partial charge on any atom is 0.238 e. The summed E-state index contributed by atoms with van der Waals surface area (Å²) in [5, 5.41) is 0.378. The van der Waals surface area contributed by atoms with Crippen molar-refractivity contribution in [2.75, 3.05) is 28.7 Å². The third-order valence-corrected chi connectivity index (χ3v) is 5.19. The van der Waals surface area contributed by atoms with E-state index in [0.29, 0.717) is 17.5 Å². The minimum Gasteiger partial charge on any atom is -0.489 e. The Hall–Kier alpha value is -3.26. The van der Waals surface area contributed by atoms with Crippen LogP contribution in [-0.4, -0.2) is 28.2 Å². The van der Waals surface area contributed by atoms with Gasteiger partial charge in [-0.2, -0.15) is 0 Å². The van der Waals surface area contributed by atoms with Crippen molar-refractivity contribution in [2.45, 2.75) is 11.2 Å². The lowest BCUT2D eigenvalue weighted by Gasteiger charge is -2.37. The second-order valence-electron chi connectivity index (χ2n) is 6.26. The van der Waals surface area contributed by atoms with Crippen molar-refractivity contribution in [3.63, 3.8) is 0 Å². The van der Waals surface area contributed by atoms with E-state index in [4.69, 9.17) is 16.2 Å². The molecule has 4 rings (SSSR count). The van der Waals surface area contributed by atoms with Crippen LogP contribution in [0, 0.1) is 0 Å². The molecule has 0 spiro atoms. The molecule has 1 aliphatic heterocycles. The predicted molar refractivity (Wildman–Crippen MR) is 110 cm³/mol. The highest BCUT2D eigenvalue weighted by molar-refractivity contribution is 7.99. The lowest BCUT2D eigenvalue weighted by atomic mass is 10.0. The fraction of sp³-hybridized carbons (Fsp3) is 0.150. The molecule has 1 aromatic heterocycles. The summed E-state index contributed by atoms with van der Waals surface area (Å²) in [6, 6.07) is 18.7. The quantitative estimate of drug-likeness (QED) is 0.518. The molecule has 4 N–H and O–H groups in total. The number of amides is 1. The van der Waals surface area contributed by atoms with Gasteiger partial charge in [-0.1, -0.05) is 54.2 Å². The Morgan fingerprint density at radius 3 is 2.50 bits per heavy atom. The Morgan fingerprint density at radius 2 is 1.75 bits per heavy atom. The lowest BCUT2D eigenvalue weighted by Crippen LogP contribution is -2.42. The molecule has 1 unspecified atom stereocenters. The van der Waals surface area contributed by atoms with Crippen molar-refractivity contribution >= 4 is 35.0 Å². The topological polar surface area (TPSA) is 107 Å². The summed E-state index contributed by atoms with van der Waals surface area (Å²) < 4.78 is 5.91. The fourth-order valence-corrected chi connectivity index (χ4v) is 3.87. The Labute approximate surface area is 166 Å². The number of nitrogens with two attached hydrogens (primary N) is 2. The summed E-state index contributed by atoms with van der Waals surface area (Å²) in [6.45, 7) is 0.388. The number of benzene rings is 2. The average molecular weight is 393 g/mol. The van der Waals surface area contributed by atoms with Crippen molar-refractivity contribution in [2.24, 2.45) is 0 Å². The van der Waals surface area contributed by atoms with Gasteiger partial charge in [0, 0.05) is 6.07 Å². The van der Waals surface area contributed by atoms with E-state index in [2.05, 4.69) is 9.97 Å². The van der Waals surface area contributed by atoms with E-state index < -0.39 is 0 Å². The van der Waals surface area contributed by atoms with Crippen molar-refractivity contribution in [3.8, 4) is 5.75 Å². The molecule has 0 fully saturated rings. The number of rotatable bonds is 4. The number of thioether (sulfide) groups is 1. The zero-order valence-electron chi connectivity index (χ0n) is 15.0. The molecule has 7 nitrogen and oxygen atoms in total. The number of anilines is 3. The number of carbonyl (C=O) groups is 1. The van der Waals surface area contributed by atoms with Crippen LogP contribution >= 0.6 is 11.8 Å². The zero-order chi connectivity index (χ0) is 19.5. The van der Waals surface area contributed by atoms with Crippen LogP contribution in [0.5, 0.6) is 5.75 Å². The molecule has 1 aliphatic rings. The van der Waals surface area contributed by atoms with Crippen LogP contribution in [0.2, 0.25) is 0 Å². The smallest absolute Gasteiger partial charge is 0.238 e. The van der Waals surface area contributed by atoms with Gasteiger partial charge in [-0.15, -0.1) is 0 Å². The van der Waals surface area contributed by atoms with Crippen molar-refractivity contribution < 1.29 is 9.53 Å². The van der Waals surface area contributed by atoms with E-state index in [0.717, 1.165) is 11.3 Å². The van der Waals surface area contributed by atoms with Crippen molar-refractivity contribution in [1.29, 1.82) is 0 Å². The first-order chi connectivity index (χ1) is 13.6. The molecule has 0 saturated heterocycles. The SMILES string of the molecule is Nc1cc(N)nc(SCC(=O)N2c3ccccc3OCC2c2ccccc2)n1. The molecule has 142 valence electrons. The molecular formula is C20H19N5O2S. The van der Waals surface area contributed by atoms with Gasteiger partial charge < -0.3 is 16.2 Å². The number of fused-ring (bicyclic) bond motifs is 1. The fourth-order valence-electron chi connectivity index (χ4n) is 3.14. The number of ether oxygens (including phenoxy) is 1. The highest BCUT2D eigenvalue weighted by Gasteiger charge is 2.33. The highest BCUT2D eigenvalue weighted by Crippen LogP contribution is 2.39. The molecule has 8 heteroatoms. The van der Waals surface area contributed by atoms with Crippen molar-refractivity contribution in [1.82, 2.24) is 9.97 Å². The largest absolute Gasteiger partial charge is 0.489 e. The summed E-state index contributed by atoms with van der Waals surface area (Å²) in [5.41, 5.74) is 13.2. The molecular weight excluding hydrogens is 374 g/mol. The number of nitrogen functional groups attached to an aromatic ring is 2.